The Morgan fingerprint density at radius 2 is 1.84 bits per heavy atom. The van der Waals surface area contributed by atoms with E-state index in [1.54, 1.807) is 5.06 Å². The summed E-state index contributed by atoms with van der Waals surface area (Å²) in [6.45, 7) is 1.94. The molecule has 0 bridgehead atoms. The summed E-state index contributed by atoms with van der Waals surface area (Å²) in [5.41, 5.74) is 1.74. The third-order valence-electron chi connectivity index (χ3n) is 5.60. The molecule has 0 radical (unpaired) electrons. The second kappa shape index (κ2) is 7.29. The second-order valence-corrected chi connectivity index (χ2v) is 8.39. The maximum Gasteiger partial charge on any atom is 0.271 e. The average Bonchev–Trinajstić information content (AvgIpc) is 3.46. The van der Waals surface area contributed by atoms with Crippen LogP contribution in [0.5, 0.6) is 0 Å². The van der Waals surface area contributed by atoms with E-state index in [1.165, 1.54) is 35.6 Å². The second-order valence-electron chi connectivity index (χ2n) is 7.41. The average molecular weight is 435 g/mol. The lowest BCUT2D eigenvalue weighted by atomic mass is 9.95. The first-order valence-electron chi connectivity index (χ1n) is 9.64. The number of fused-ring (bicyclic) bond motifs is 1. The molecule has 156 valence electrons. The Hall–Kier alpha value is -3.56. The number of aryl methyl sites for hydroxylation is 1. The van der Waals surface area contributed by atoms with Crippen LogP contribution in [0.15, 0.2) is 66.0 Å². The highest BCUT2D eigenvalue weighted by molar-refractivity contribution is 7.10. The Bertz CT molecular complexity index is 1200. The van der Waals surface area contributed by atoms with Crippen LogP contribution >= 0.6 is 11.3 Å². The number of carbonyl (C=O) groups is 2. The summed E-state index contributed by atoms with van der Waals surface area (Å²) < 4.78 is 0. The quantitative estimate of drug-likeness (QED) is 0.349. The lowest BCUT2D eigenvalue weighted by molar-refractivity contribution is -0.384. The van der Waals surface area contributed by atoms with E-state index in [0.29, 0.717) is 0 Å². The zero-order valence-corrected chi connectivity index (χ0v) is 17.2. The molecule has 0 saturated carbocycles. The van der Waals surface area contributed by atoms with Crippen LogP contribution in [0.4, 0.5) is 17.1 Å². The maximum absolute atomic E-state index is 13.5. The fourth-order valence-electron chi connectivity index (χ4n) is 4.18. The number of para-hydroxylation sites is 1. The molecule has 0 N–H and O–H groups in total. The molecule has 5 rings (SSSR count). The van der Waals surface area contributed by atoms with Gasteiger partial charge in [-0.05, 0) is 36.1 Å². The summed E-state index contributed by atoms with van der Waals surface area (Å²) in [6.07, 6.45) is -1.00. The Kier molecular flexibility index (Phi) is 4.57. The SMILES string of the molecule is Cc1ccccc1N1O[C@H]2C(=O)N(c3cccc([N+](=O)[O-])c3)C(=O)[C@@H]2[C@@H]1c1cccs1. The normalized spacial score (nSPS) is 22.8. The first kappa shape index (κ1) is 19.4. The van der Waals surface area contributed by atoms with Crippen molar-refractivity contribution in [2.75, 3.05) is 9.96 Å². The number of carbonyl (C=O) groups excluding carboxylic acids is 2. The van der Waals surface area contributed by atoms with Gasteiger partial charge in [-0.15, -0.1) is 11.3 Å². The van der Waals surface area contributed by atoms with Crippen LogP contribution < -0.4 is 9.96 Å². The van der Waals surface area contributed by atoms with Crippen molar-refractivity contribution < 1.29 is 19.3 Å². The van der Waals surface area contributed by atoms with Crippen molar-refractivity contribution in [3.8, 4) is 0 Å². The molecule has 8 nitrogen and oxygen atoms in total. The highest BCUT2D eigenvalue weighted by Crippen LogP contribution is 2.49. The minimum atomic E-state index is -1.00. The minimum absolute atomic E-state index is 0.176. The van der Waals surface area contributed by atoms with Gasteiger partial charge in [-0.3, -0.25) is 24.5 Å². The van der Waals surface area contributed by atoms with Gasteiger partial charge in [-0.25, -0.2) is 9.96 Å². The molecule has 2 aliphatic rings. The summed E-state index contributed by atoms with van der Waals surface area (Å²) in [6, 6.07) is 16.5. The van der Waals surface area contributed by atoms with Crippen molar-refractivity contribution >= 4 is 40.2 Å². The summed E-state index contributed by atoms with van der Waals surface area (Å²) in [5, 5.41) is 14.7. The number of nitro groups is 1. The highest BCUT2D eigenvalue weighted by Gasteiger charge is 2.60. The van der Waals surface area contributed by atoms with Crippen molar-refractivity contribution in [3.63, 3.8) is 0 Å². The Labute approximate surface area is 181 Å². The van der Waals surface area contributed by atoms with Crippen LogP contribution in [0.25, 0.3) is 0 Å². The molecule has 9 heteroatoms. The molecule has 2 aliphatic heterocycles. The van der Waals surface area contributed by atoms with Crippen molar-refractivity contribution in [2.45, 2.75) is 19.1 Å². The number of hydrogen-bond acceptors (Lipinski definition) is 7. The topological polar surface area (TPSA) is 93.0 Å². The predicted molar refractivity (Wildman–Crippen MR) is 115 cm³/mol. The molecule has 3 atom stereocenters. The molecule has 3 heterocycles. The largest absolute Gasteiger partial charge is 0.273 e. The first-order valence-corrected chi connectivity index (χ1v) is 10.5. The maximum atomic E-state index is 13.5. The number of hydrogen-bond donors (Lipinski definition) is 0. The van der Waals surface area contributed by atoms with Gasteiger partial charge in [-0.1, -0.05) is 30.3 Å². The fraction of sp³-hybridized carbons (Fsp3) is 0.182. The molecule has 0 unspecified atom stereocenters. The van der Waals surface area contributed by atoms with E-state index in [2.05, 4.69) is 0 Å². The Morgan fingerprint density at radius 1 is 1.03 bits per heavy atom. The fourth-order valence-corrected chi connectivity index (χ4v) is 5.04. The lowest BCUT2D eigenvalue weighted by Crippen LogP contribution is -2.37. The van der Waals surface area contributed by atoms with Gasteiger partial charge in [0.15, 0.2) is 6.10 Å². The molecule has 0 aliphatic carbocycles. The molecule has 0 spiro atoms. The molecule has 1 aromatic heterocycles. The van der Waals surface area contributed by atoms with E-state index in [4.69, 9.17) is 4.84 Å². The van der Waals surface area contributed by atoms with Crippen LogP contribution in [0.3, 0.4) is 0 Å². The molecule has 2 amide bonds. The Morgan fingerprint density at radius 3 is 2.55 bits per heavy atom. The monoisotopic (exact) mass is 435 g/mol. The highest BCUT2D eigenvalue weighted by atomic mass is 32.1. The van der Waals surface area contributed by atoms with Crippen LogP contribution in [0.2, 0.25) is 0 Å². The molecule has 2 saturated heterocycles. The van der Waals surface area contributed by atoms with E-state index in [1.807, 2.05) is 48.7 Å². The molecule has 2 aromatic carbocycles. The lowest BCUT2D eigenvalue weighted by Gasteiger charge is -2.28. The number of rotatable bonds is 4. The van der Waals surface area contributed by atoms with Crippen molar-refractivity contribution in [3.05, 3.63) is 86.6 Å². The van der Waals surface area contributed by atoms with E-state index < -0.39 is 34.8 Å². The van der Waals surface area contributed by atoms with Crippen molar-refractivity contribution in [2.24, 2.45) is 5.92 Å². The van der Waals surface area contributed by atoms with Gasteiger partial charge in [0.25, 0.3) is 11.6 Å². The molecular formula is C22H17N3O5S. The number of amides is 2. The van der Waals surface area contributed by atoms with Crippen LogP contribution in [-0.2, 0) is 14.4 Å². The number of benzene rings is 2. The standard InChI is InChI=1S/C22H17N3O5S/c1-13-6-2-3-9-16(13)24-19(17-10-5-11-31-17)18-20(30-24)22(27)23(21(18)26)14-7-4-8-15(12-14)25(28)29/h2-12,18-20H,1H3/t18-,19+,20-/m1/s1. The third kappa shape index (κ3) is 3.01. The van der Waals surface area contributed by atoms with E-state index >= 15 is 0 Å². The summed E-state index contributed by atoms with van der Waals surface area (Å²) in [5.74, 6) is -1.71. The summed E-state index contributed by atoms with van der Waals surface area (Å²) in [4.78, 5) is 45.3. The zero-order valence-electron chi connectivity index (χ0n) is 16.4. The number of nitrogens with zero attached hydrogens (tertiary/aromatic N) is 3. The van der Waals surface area contributed by atoms with Gasteiger partial charge < -0.3 is 0 Å². The summed E-state index contributed by atoms with van der Waals surface area (Å²) in [7, 11) is 0. The van der Waals surface area contributed by atoms with Gasteiger partial charge >= 0.3 is 0 Å². The van der Waals surface area contributed by atoms with Crippen LogP contribution in [0, 0.1) is 23.0 Å². The number of imide groups is 1. The smallest absolute Gasteiger partial charge is 0.271 e. The van der Waals surface area contributed by atoms with Gasteiger partial charge in [0.05, 0.1) is 16.3 Å². The van der Waals surface area contributed by atoms with Gasteiger partial charge in [-0.2, -0.15) is 0 Å². The van der Waals surface area contributed by atoms with Crippen molar-refractivity contribution in [1.29, 1.82) is 0 Å². The molecule has 2 fully saturated rings. The molecule has 3 aromatic rings. The van der Waals surface area contributed by atoms with Gasteiger partial charge in [0, 0.05) is 17.0 Å². The van der Waals surface area contributed by atoms with E-state index in [-0.39, 0.29) is 11.4 Å². The third-order valence-corrected chi connectivity index (χ3v) is 6.54. The van der Waals surface area contributed by atoms with Gasteiger partial charge in [0.2, 0.25) is 5.91 Å². The number of thiophene rings is 1. The number of nitro benzene ring substituents is 1. The molecular weight excluding hydrogens is 418 g/mol. The van der Waals surface area contributed by atoms with Crippen LogP contribution in [0.1, 0.15) is 16.5 Å². The van der Waals surface area contributed by atoms with Gasteiger partial charge in [0.1, 0.15) is 12.0 Å². The zero-order chi connectivity index (χ0) is 21.7. The predicted octanol–water partition coefficient (Wildman–Crippen LogP) is 4.02. The number of non-ortho nitro benzene ring substituents is 1. The summed E-state index contributed by atoms with van der Waals surface area (Å²) >= 11 is 1.49. The molecule has 31 heavy (non-hydrogen) atoms. The van der Waals surface area contributed by atoms with E-state index in [0.717, 1.165) is 21.0 Å². The minimum Gasteiger partial charge on any atom is -0.273 e. The first-order chi connectivity index (χ1) is 15.0. The number of hydroxylamine groups is 1. The van der Waals surface area contributed by atoms with E-state index in [9.17, 15) is 19.7 Å². The Balaban J connectivity index is 1.57. The van der Waals surface area contributed by atoms with Crippen molar-refractivity contribution in [1.82, 2.24) is 0 Å². The van der Waals surface area contributed by atoms with Crippen LogP contribution in [-0.4, -0.2) is 22.8 Å². The number of anilines is 2.